The Hall–Kier alpha value is -3.10. The highest BCUT2D eigenvalue weighted by atomic mass is 35.5. The molecule has 0 radical (unpaired) electrons. The first kappa shape index (κ1) is 21.7. The minimum absolute atomic E-state index is 0.0686. The first-order chi connectivity index (χ1) is 16.0. The second-order valence-electron chi connectivity index (χ2n) is 8.56. The van der Waals surface area contributed by atoms with E-state index in [9.17, 15) is 4.79 Å². The maximum Gasteiger partial charge on any atom is 0.252 e. The van der Waals surface area contributed by atoms with Crippen LogP contribution in [0.5, 0.6) is 5.75 Å². The van der Waals surface area contributed by atoms with Crippen molar-refractivity contribution >= 4 is 28.9 Å². The van der Waals surface area contributed by atoms with Crippen LogP contribution < -0.4 is 15.8 Å². The fourth-order valence-corrected chi connectivity index (χ4v) is 5.07. The van der Waals surface area contributed by atoms with Crippen LogP contribution in [0.15, 0.2) is 42.9 Å². The molecule has 2 fully saturated rings. The number of pyridine rings is 1. The Bertz CT molecular complexity index is 1190. The lowest BCUT2D eigenvalue weighted by atomic mass is 9.70. The Kier molecular flexibility index (Phi) is 5.72. The molecule has 2 aliphatic rings. The number of benzene rings is 1. The third kappa shape index (κ3) is 3.94. The molecule has 1 spiro atoms. The number of primary amides is 1. The van der Waals surface area contributed by atoms with Crippen LogP contribution in [-0.2, 0) is 4.74 Å². The summed E-state index contributed by atoms with van der Waals surface area (Å²) in [5, 5.41) is 8.15. The van der Waals surface area contributed by atoms with Crippen LogP contribution in [0.2, 0.25) is 5.15 Å². The molecule has 33 heavy (non-hydrogen) atoms. The average molecular weight is 468 g/mol. The zero-order valence-corrected chi connectivity index (χ0v) is 19.1. The van der Waals surface area contributed by atoms with Crippen LogP contribution in [-0.4, -0.2) is 40.0 Å². The summed E-state index contributed by atoms with van der Waals surface area (Å²) in [6, 6.07) is 7.58. The number of nitrogens with one attached hydrogen (secondary N) is 1. The molecule has 0 bridgehead atoms. The lowest BCUT2D eigenvalue weighted by molar-refractivity contribution is -0.165. The molecule has 5 rings (SSSR count). The number of halogens is 1. The highest BCUT2D eigenvalue weighted by Crippen LogP contribution is 2.50. The van der Waals surface area contributed by atoms with Gasteiger partial charge in [0.25, 0.3) is 5.91 Å². The number of methoxy groups -OCH3 is 1. The predicted molar refractivity (Wildman–Crippen MR) is 126 cm³/mol. The molecule has 1 aromatic carbocycles. The topological polar surface area (TPSA) is 104 Å². The van der Waals surface area contributed by atoms with Gasteiger partial charge in [-0.1, -0.05) is 23.7 Å². The molecule has 0 unspecified atom stereocenters. The van der Waals surface area contributed by atoms with Crippen molar-refractivity contribution in [2.24, 2.45) is 5.73 Å². The van der Waals surface area contributed by atoms with E-state index in [-0.39, 0.29) is 22.4 Å². The summed E-state index contributed by atoms with van der Waals surface area (Å²) in [6.45, 7) is 0.832. The number of carbonyl (C=O) groups is 1. The van der Waals surface area contributed by atoms with Crippen molar-refractivity contribution in [2.45, 2.75) is 43.7 Å². The summed E-state index contributed by atoms with van der Waals surface area (Å²) < 4.78 is 14.0. The van der Waals surface area contributed by atoms with Gasteiger partial charge in [0.1, 0.15) is 10.9 Å². The fraction of sp³-hybridized carbons (Fsp3) is 0.375. The minimum Gasteiger partial charge on any atom is -0.494 e. The number of para-hydroxylation sites is 1. The predicted octanol–water partition coefficient (Wildman–Crippen LogP) is 4.72. The van der Waals surface area contributed by atoms with Crippen molar-refractivity contribution in [3.63, 3.8) is 0 Å². The molecule has 9 heteroatoms. The van der Waals surface area contributed by atoms with Crippen molar-refractivity contribution in [1.29, 1.82) is 0 Å². The van der Waals surface area contributed by atoms with Gasteiger partial charge in [-0.3, -0.25) is 9.48 Å². The first-order valence-electron chi connectivity index (χ1n) is 11.1. The Morgan fingerprint density at radius 2 is 2.18 bits per heavy atom. The molecule has 172 valence electrons. The van der Waals surface area contributed by atoms with E-state index in [0.29, 0.717) is 17.1 Å². The van der Waals surface area contributed by atoms with E-state index < -0.39 is 5.91 Å². The van der Waals surface area contributed by atoms with Gasteiger partial charge in [-0.15, -0.1) is 0 Å². The Morgan fingerprint density at radius 1 is 1.30 bits per heavy atom. The number of rotatable bonds is 6. The van der Waals surface area contributed by atoms with Crippen LogP contribution in [0, 0.1) is 0 Å². The van der Waals surface area contributed by atoms with Gasteiger partial charge in [0.15, 0.2) is 0 Å². The van der Waals surface area contributed by atoms with Crippen LogP contribution in [0.4, 0.5) is 11.4 Å². The SMILES string of the molecule is COc1c(Nc2cc(Cl)ncc2C(N)=O)cccc1-c1cnn([C@@H]2CC[C@@]23CCCCO3)c1. The van der Waals surface area contributed by atoms with Gasteiger partial charge in [0, 0.05) is 30.1 Å². The lowest BCUT2D eigenvalue weighted by Gasteiger charge is -2.51. The number of ether oxygens (including phenoxy) is 2. The zero-order valence-electron chi connectivity index (χ0n) is 18.4. The third-order valence-electron chi connectivity index (χ3n) is 6.69. The van der Waals surface area contributed by atoms with E-state index in [0.717, 1.165) is 43.4 Å². The summed E-state index contributed by atoms with van der Waals surface area (Å²) in [7, 11) is 1.61. The van der Waals surface area contributed by atoms with Gasteiger partial charge in [0.05, 0.1) is 41.9 Å². The van der Waals surface area contributed by atoms with Crippen molar-refractivity contribution in [3.05, 3.63) is 53.6 Å². The minimum atomic E-state index is -0.600. The van der Waals surface area contributed by atoms with Gasteiger partial charge in [0.2, 0.25) is 0 Å². The summed E-state index contributed by atoms with van der Waals surface area (Å²) in [6.07, 6.45) is 10.9. The zero-order chi connectivity index (χ0) is 23.0. The van der Waals surface area contributed by atoms with E-state index in [1.165, 1.54) is 12.6 Å². The number of aromatic nitrogens is 3. The Labute approximate surface area is 197 Å². The molecule has 1 saturated heterocycles. The van der Waals surface area contributed by atoms with Gasteiger partial charge in [-0.25, -0.2) is 4.98 Å². The van der Waals surface area contributed by atoms with E-state index in [1.807, 2.05) is 29.1 Å². The number of carbonyl (C=O) groups excluding carboxylic acids is 1. The maximum absolute atomic E-state index is 11.8. The molecule has 3 heterocycles. The molecule has 1 aliphatic heterocycles. The molecule has 3 aromatic rings. The van der Waals surface area contributed by atoms with E-state index in [1.54, 1.807) is 13.2 Å². The van der Waals surface area contributed by atoms with Crippen molar-refractivity contribution < 1.29 is 14.3 Å². The van der Waals surface area contributed by atoms with E-state index in [4.69, 9.17) is 26.8 Å². The summed E-state index contributed by atoms with van der Waals surface area (Å²) >= 11 is 6.05. The third-order valence-corrected chi connectivity index (χ3v) is 6.90. The second kappa shape index (κ2) is 8.68. The van der Waals surface area contributed by atoms with Gasteiger partial charge in [-0.2, -0.15) is 5.10 Å². The van der Waals surface area contributed by atoms with Crippen molar-refractivity contribution in [3.8, 4) is 16.9 Å². The Morgan fingerprint density at radius 3 is 2.88 bits per heavy atom. The molecule has 8 nitrogen and oxygen atoms in total. The number of nitrogens with two attached hydrogens (primary N) is 1. The summed E-state index contributed by atoms with van der Waals surface area (Å²) in [5.74, 6) is 0.0232. The van der Waals surface area contributed by atoms with Gasteiger partial charge >= 0.3 is 0 Å². The number of hydrogen-bond donors (Lipinski definition) is 2. The monoisotopic (exact) mass is 467 g/mol. The molecular weight excluding hydrogens is 442 g/mol. The number of hydrogen-bond acceptors (Lipinski definition) is 6. The number of nitrogens with zero attached hydrogens (tertiary/aromatic N) is 3. The first-order valence-corrected chi connectivity index (χ1v) is 11.5. The smallest absolute Gasteiger partial charge is 0.252 e. The standard InChI is InChI=1S/C24H26ClN5O3/c1-32-22-16(5-4-6-18(22)29-19-11-21(25)27-13-17(19)23(26)31)15-12-28-30(14-15)20-7-9-24(20)8-2-3-10-33-24/h4-6,11-14,20H,2-3,7-10H2,1H3,(H2,26,31)(H,27,29)/t20-,24+/m1/s1. The maximum atomic E-state index is 11.8. The summed E-state index contributed by atoms with van der Waals surface area (Å²) in [4.78, 5) is 15.8. The highest BCUT2D eigenvalue weighted by Gasteiger charge is 2.50. The van der Waals surface area contributed by atoms with Crippen molar-refractivity contribution in [1.82, 2.24) is 14.8 Å². The van der Waals surface area contributed by atoms with Crippen LogP contribution >= 0.6 is 11.6 Å². The normalized spacial score (nSPS) is 22.1. The fourth-order valence-electron chi connectivity index (χ4n) is 4.91. The Balaban J connectivity index is 1.46. The quantitative estimate of drug-likeness (QED) is 0.508. The van der Waals surface area contributed by atoms with Gasteiger partial charge in [-0.05, 0) is 44.2 Å². The largest absolute Gasteiger partial charge is 0.494 e. The second-order valence-corrected chi connectivity index (χ2v) is 8.95. The molecule has 1 amide bonds. The van der Waals surface area contributed by atoms with Crippen LogP contribution in [0.1, 0.15) is 48.5 Å². The van der Waals surface area contributed by atoms with Crippen LogP contribution in [0.3, 0.4) is 0 Å². The molecular formula is C24H26ClN5O3. The van der Waals surface area contributed by atoms with Crippen LogP contribution in [0.25, 0.3) is 11.1 Å². The average Bonchev–Trinajstić information content (AvgIpc) is 3.27. The highest BCUT2D eigenvalue weighted by molar-refractivity contribution is 6.29. The van der Waals surface area contributed by atoms with E-state index in [2.05, 4.69) is 21.6 Å². The van der Waals surface area contributed by atoms with E-state index >= 15 is 0 Å². The van der Waals surface area contributed by atoms with Crippen molar-refractivity contribution in [2.75, 3.05) is 19.0 Å². The molecule has 3 N–H and O–H groups in total. The molecule has 2 aromatic heterocycles. The molecule has 2 atom stereocenters. The molecule has 1 saturated carbocycles. The molecule has 1 aliphatic carbocycles. The lowest BCUT2D eigenvalue weighted by Crippen LogP contribution is -2.52. The summed E-state index contributed by atoms with van der Waals surface area (Å²) in [5.41, 5.74) is 8.62. The number of amides is 1. The van der Waals surface area contributed by atoms with Gasteiger partial charge < -0.3 is 20.5 Å². The number of anilines is 2.